The minimum absolute atomic E-state index is 0.192. The van der Waals surface area contributed by atoms with Crippen molar-refractivity contribution in [2.24, 2.45) is 0 Å². The monoisotopic (exact) mass is 231 g/mol. The Balaban J connectivity index is 2.40. The van der Waals surface area contributed by atoms with Gasteiger partial charge in [0, 0.05) is 35.6 Å². The zero-order chi connectivity index (χ0) is 12.3. The van der Waals surface area contributed by atoms with Gasteiger partial charge in [-0.05, 0) is 37.6 Å². The molecule has 0 radical (unpaired) electrons. The molecule has 0 amide bonds. The second kappa shape index (κ2) is 5.01. The van der Waals surface area contributed by atoms with E-state index in [1.807, 2.05) is 31.2 Å². The Morgan fingerprint density at radius 2 is 2.18 bits per heavy atom. The third-order valence-corrected chi connectivity index (χ3v) is 2.61. The van der Waals surface area contributed by atoms with Gasteiger partial charge < -0.3 is 16.2 Å². The normalized spacial score (nSPS) is 10.7. The average molecular weight is 231 g/mol. The fraction of sp³-hybridized carbons (Fsp3) is 0.308. The summed E-state index contributed by atoms with van der Waals surface area (Å²) in [6, 6.07) is 7.70. The van der Waals surface area contributed by atoms with Crippen LogP contribution in [0.3, 0.4) is 0 Å². The molecule has 0 unspecified atom stereocenters. The Morgan fingerprint density at radius 3 is 2.94 bits per heavy atom. The number of hydrogen-bond donors (Lipinski definition) is 3. The van der Waals surface area contributed by atoms with Gasteiger partial charge in [-0.25, -0.2) is 0 Å². The number of aliphatic hydroxyl groups excluding tert-OH is 1. The first kappa shape index (κ1) is 11.7. The van der Waals surface area contributed by atoms with Crippen molar-refractivity contribution in [2.75, 3.05) is 24.2 Å². The number of benzene rings is 1. The molecule has 4 nitrogen and oxygen atoms in total. The Hall–Kier alpha value is -1.81. The zero-order valence-corrected chi connectivity index (χ0v) is 9.90. The van der Waals surface area contributed by atoms with Crippen LogP contribution < -0.4 is 11.1 Å². The first-order valence-corrected chi connectivity index (χ1v) is 5.72. The third kappa shape index (κ3) is 2.65. The van der Waals surface area contributed by atoms with Crippen molar-refractivity contribution in [3.63, 3.8) is 0 Å². The maximum Gasteiger partial charge on any atom is 0.0727 e. The second-order valence-corrected chi connectivity index (χ2v) is 4.09. The fourth-order valence-electron chi connectivity index (χ4n) is 1.82. The first-order chi connectivity index (χ1) is 8.20. The molecule has 0 bridgehead atoms. The molecule has 2 aromatic rings. The molecule has 0 aliphatic heterocycles. The molecule has 0 aliphatic rings. The molecule has 0 fully saturated rings. The van der Waals surface area contributed by atoms with Gasteiger partial charge in [0.1, 0.15) is 0 Å². The Morgan fingerprint density at radius 1 is 1.35 bits per heavy atom. The number of aryl methyl sites for hydroxylation is 1. The summed E-state index contributed by atoms with van der Waals surface area (Å²) in [4.78, 5) is 4.46. The number of fused-ring (bicyclic) bond motifs is 1. The highest BCUT2D eigenvalue weighted by Gasteiger charge is 2.03. The van der Waals surface area contributed by atoms with E-state index >= 15 is 0 Å². The summed E-state index contributed by atoms with van der Waals surface area (Å²) >= 11 is 0. The number of nitrogens with two attached hydrogens (primary N) is 1. The minimum Gasteiger partial charge on any atom is -0.399 e. The van der Waals surface area contributed by atoms with Crippen LogP contribution in [0.4, 0.5) is 11.4 Å². The molecule has 4 heteroatoms. The van der Waals surface area contributed by atoms with Gasteiger partial charge in [0.05, 0.1) is 5.52 Å². The second-order valence-electron chi connectivity index (χ2n) is 4.09. The predicted octanol–water partition coefficient (Wildman–Crippen LogP) is 1.92. The summed E-state index contributed by atoms with van der Waals surface area (Å²) in [6.07, 6.45) is 0.727. The number of hydrogen-bond acceptors (Lipinski definition) is 4. The largest absolute Gasteiger partial charge is 0.399 e. The van der Waals surface area contributed by atoms with E-state index in [2.05, 4.69) is 10.3 Å². The van der Waals surface area contributed by atoms with Crippen molar-refractivity contribution >= 4 is 22.3 Å². The lowest BCUT2D eigenvalue weighted by atomic mass is 10.1. The van der Waals surface area contributed by atoms with Crippen LogP contribution in [0.15, 0.2) is 24.3 Å². The highest BCUT2D eigenvalue weighted by atomic mass is 16.3. The third-order valence-electron chi connectivity index (χ3n) is 2.61. The van der Waals surface area contributed by atoms with Gasteiger partial charge in [0.15, 0.2) is 0 Å². The summed E-state index contributed by atoms with van der Waals surface area (Å²) < 4.78 is 0. The maximum atomic E-state index is 8.78. The summed E-state index contributed by atoms with van der Waals surface area (Å²) in [5.74, 6) is 0. The van der Waals surface area contributed by atoms with E-state index in [4.69, 9.17) is 10.8 Å². The Kier molecular flexibility index (Phi) is 3.44. The molecule has 0 saturated heterocycles. The molecule has 4 N–H and O–H groups in total. The molecule has 0 saturated carbocycles. The van der Waals surface area contributed by atoms with Crippen molar-refractivity contribution in [1.82, 2.24) is 4.98 Å². The van der Waals surface area contributed by atoms with Crippen molar-refractivity contribution in [3.8, 4) is 0 Å². The van der Waals surface area contributed by atoms with Gasteiger partial charge in [-0.1, -0.05) is 0 Å². The number of rotatable bonds is 4. The predicted molar refractivity (Wildman–Crippen MR) is 71.1 cm³/mol. The van der Waals surface area contributed by atoms with E-state index in [1.165, 1.54) is 0 Å². The highest BCUT2D eigenvalue weighted by molar-refractivity contribution is 5.93. The molecule has 0 aliphatic carbocycles. The Labute approximate surface area is 100 Å². The smallest absolute Gasteiger partial charge is 0.0727 e. The lowest BCUT2D eigenvalue weighted by Gasteiger charge is -2.10. The Bertz CT molecular complexity index is 525. The van der Waals surface area contributed by atoms with Crippen molar-refractivity contribution in [3.05, 3.63) is 30.0 Å². The van der Waals surface area contributed by atoms with Crippen LogP contribution >= 0.6 is 0 Å². The van der Waals surface area contributed by atoms with Gasteiger partial charge in [-0.2, -0.15) is 0 Å². The lowest BCUT2D eigenvalue weighted by Crippen LogP contribution is -2.05. The van der Waals surface area contributed by atoms with Gasteiger partial charge in [-0.3, -0.25) is 4.98 Å². The number of nitrogens with one attached hydrogen (secondary N) is 1. The van der Waals surface area contributed by atoms with E-state index in [9.17, 15) is 0 Å². The molecule has 0 atom stereocenters. The van der Waals surface area contributed by atoms with E-state index < -0.39 is 0 Å². The quantitative estimate of drug-likeness (QED) is 0.555. The lowest BCUT2D eigenvalue weighted by molar-refractivity contribution is 0.292. The molecule has 17 heavy (non-hydrogen) atoms. The molecule has 2 rings (SSSR count). The van der Waals surface area contributed by atoms with E-state index in [-0.39, 0.29) is 6.61 Å². The SMILES string of the molecule is Cc1cc(NCCCO)c2cc(N)ccc2n1. The van der Waals surface area contributed by atoms with Crippen molar-refractivity contribution in [2.45, 2.75) is 13.3 Å². The molecule has 90 valence electrons. The molecular formula is C13H17N3O. The van der Waals surface area contributed by atoms with Crippen LogP contribution in [0.2, 0.25) is 0 Å². The van der Waals surface area contributed by atoms with Crippen LogP contribution in [0.1, 0.15) is 12.1 Å². The van der Waals surface area contributed by atoms with Crippen LogP contribution in [0.25, 0.3) is 10.9 Å². The average Bonchev–Trinajstić information content (AvgIpc) is 2.30. The summed E-state index contributed by atoms with van der Waals surface area (Å²) in [7, 11) is 0. The van der Waals surface area contributed by atoms with Crippen LogP contribution in [-0.2, 0) is 0 Å². The molecule has 1 aromatic carbocycles. The van der Waals surface area contributed by atoms with Crippen molar-refractivity contribution in [1.29, 1.82) is 0 Å². The first-order valence-electron chi connectivity index (χ1n) is 5.72. The number of nitrogens with zero attached hydrogens (tertiary/aromatic N) is 1. The maximum absolute atomic E-state index is 8.78. The standard InChI is InChI=1S/C13H17N3O/c1-9-7-13(15-5-2-6-17)11-8-10(14)3-4-12(11)16-9/h3-4,7-8,17H,2,5-6,14H2,1H3,(H,15,16). The van der Waals surface area contributed by atoms with Gasteiger partial charge >= 0.3 is 0 Å². The number of aliphatic hydroxyl groups is 1. The number of nitrogen functional groups attached to an aromatic ring is 1. The summed E-state index contributed by atoms with van der Waals surface area (Å²) in [5, 5.41) is 13.1. The number of pyridine rings is 1. The molecule has 1 aromatic heterocycles. The molecular weight excluding hydrogens is 214 g/mol. The van der Waals surface area contributed by atoms with E-state index in [1.54, 1.807) is 0 Å². The van der Waals surface area contributed by atoms with E-state index in [0.717, 1.165) is 40.9 Å². The summed E-state index contributed by atoms with van der Waals surface area (Å²) in [6.45, 7) is 2.90. The summed E-state index contributed by atoms with van der Waals surface area (Å²) in [5.41, 5.74) is 9.44. The van der Waals surface area contributed by atoms with Gasteiger partial charge in [0.25, 0.3) is 0 Å². The minimum atomic E-state index is 0.192. The zero-order valence-electron chi connectivity index (χ0n) is 9.90. The fourth-order valence-corrected chi connectivity index (χ4v) is 1.82. The van der Waals surface area contributed by atoms with Gasteiger partial charge in [-0.15, -0.1) is 0 Å². The molecule has 0 spiro atoms. The van der Waals surface area contributed by atoms with Crippen molar-refractivity contribution < 1.29 is 5.11 Å². The van der Waals surface area contributed by atoms with Gasteiger partial charge in [0.2, 0.25) is 0 Å². The highest BCUT2D eigenvalue weighted by Crippen LogP contribution is 2.25. The topological polar surface area (TPSA) is 71.2 Å². The molecule has 1 heterocycles. The van der Waals surface area contributed by atoms with E-state index in [0.29, 0.717) is 0 Å². The van der Waals surface area contributed by atoms with Crippen LogP contribution in [-0.4, -0.2) is 23.2 Å². The van der Waals surface area contributed by atoms with Crippen LogP contribution in [0.5, 0.6) is 0 Å². The van der Waals surface area contributed by atoms with Crippen LogP contribution in [0, 0.1) is 6.92 Å². The number of aromatic nitrogens is 1. The number of anilines is 2.